The van der Waals surface area contributed by atoms with Crippen molar-refractivity contribution in [3.8, 4) is 5.75 Å². The smallest absolute Gasteiger partial charge is 0.128 e. The van der Waals surface area contributed by atoms with Crippen LogP contribution in [0.15, 0.2) is 54.7 Å². The van der Waals surface area contributed by atoms with Crippen LogP contribution in [0.25, 0.3) is 5.57 Å². The van der Waals surface area contributed by atoms with Crippen molar-refractivity contribution in [3.05, 3.63) is 60.3 Å². The maximum atomic E-state index is 11.5. The van der Waals surface area contributed by atoms with E-state index in [1.165, 1.54) is 6.42 Å². The van der Waals surface area contributed by atoms with Crippen LogP contribution in [0, 0.1) is 0 Å². The van der Waals surface area contributed by atoms with Gasteiger partial charge in [-0.3, -0.25) is 4.90 Å². The lowest BCUT2D eigenvalue weighted by atomic mass is 9.76. The van der Waals surface area contributed by atoms with E-state index in [2.05, 4.69) is 39.1 Å². The highest BCUT2D eigenvalue weighted by atomic mass is 16.5. The summed E-state index contributed by atoms with van der Waals surface area (Å²) in [6, 6.07) is 14.2. The maximum Gasteiger partial charge on any atom is 0.128 e. The first-order chi connectivity index (χ1) is 14.7. The van der Waals surface area contributed by atoms with Crippen LogP contribution in [0.1, 0.15) is 37.7 Å². The number of pyridine rings is 1. The molecule has 1 N–H and O–H groups in total. The third-order valence-electron chi connectivity index (χ3n) is 6.46. The van der Waals surface area contributed by atoms with Crippen molar-refractivity contribution in [2.24, 2.45) is 0 Å². The third kappa shape index (κ3) is 4.85. The molecule has 30 heavy (non-hydrogen) atoms. The third-order valence-corrected chi connectivity index (χ3v) is 6.46. The van der Waals surface area contributed by atoms with Crippen LogP contribution < -0.4 is 9.64 Å². The molecule has 160 valence electrons. The van der Waals surface area contributed by atoms with Crippen LogP contribution in [0.4, 0.5) is 5.82 Å². The zero-order chi connectivity index (χ0) is 20.8. The molecule has 1 aliphatic heterocycles. The van der Waals surface area contributed by atoms with Gasteiger partial charge in [0.05, 0.1) is 12.7 Å². The molecule has 2 aliphatic rings. The van der Waals surface area contributed by atoms with Crippen LogP contribution in [-0.2, 0) is 0 Å². The molecule has 1 aromatic carbocycles. The zero-order valence-corrected chi connectivity index (χ0v) is 18.0. The van der Waals surface area contributed by atoms with Gasteiger partial charge in [0.2, 0.25) is 0 Å². The van der Waals surface area contributed by atoms with Gasteiger partial charge in [-0.15, -0.1) is 0 Å². The molecule has 0 amide bonds. The lowest BCUT2D eigenvalue weighted by molar-refractivity contribution is 0.0610. The van der Waals surface area contributed by atoms with Gasteiger partial charge in [-0.05, 0) is 48.2 Å². The number of methoxy groups -OCH3 is 1. The van der Waals surface area contributed by atoms with Gasteiger partial charge in [0.25, 0.3) is 0 Å². The van der Waals surface area contributed by atoms with Crippen LogP contribution in [0.2, 0.25) is 0 Å². The molecule has 0 bridgehead atoms. The van der Waals surface area contributed by atoms with Crippen molar-refractivity contribution in [1.29, 1.82) is 0 Å². The summed E-state index contributed by atoms with van der Waals surface area (Å²) in [6.07, 6.45) is 9.17. The van der Waals surface area contributed by atoms with E-state index in [0.717, 1.165) is 81.1 Å². The molecular weight excluding hydrogens is 374 g/mol. The molecule has 0 radical (unpaired) electrons. The Morgan fingerprint density at radius 2 is 1.87 bits per heavy atom. The van der Waals surface area contributed by atoms with E-state index in [0.29, 0.717) is 0 Å². The molecule has 1 aromatic heterocycles. The summed E-state index contributed by atoms with van der Waals surface area (Å²) in [4.78, 5) is 9.29. The highest BCUT2D eigenvalue weighted by Gasteiger charge is 2.34. The Morgan fingerprint density at radius 3 is 2.57 bits per heavy atom. The standard InChI is InChI=1S/C25H33N3O2/c1-30-22-9-7-8-21(20-22)23(25(29)12-4-2-5-13-25)11-15-27-16-18-28(19-17-27)24-10-3-6-14-26-24/h3,6-11,14,20,29H,2,4-5,12-13,15-19H2,1H3/b23-11+. The highest BCUT2D eigenvalue weighted by molar-refractivity contribution is 5.73. The first-order valence-electron chi connectivity index (χ1n) is 11.1. The lowest BCUT2D eigenvalue weighted by Crippen LogP contribution is -2.46. The number of ether oxygens (including phenoxy) is 1. The van der Waals surface area contributed by atoms with E-state index < -0.39 is 5.60 Å². The summed E-state index contributed by atoms with van der Waals surface area (Å²) in [5, 5.41) is 11.5. The number of hydrogen-bond acceptors (Lipinski definition) is 5. The second-order valence-corrected chi connectivity index (χ2v) is 8.42. The van der Waals surface area contributed by atoms with E-state index >= 15 is 0 Å². The number of benzene rings is 1. The average Bonchev–Trinajstić information content (AvgIpc) is 2.81. The van der Waals surface area contributed by atoms with Crippen molar-refractivity contribution >= 4 is 11.4 Å². The minimum Gasteiger partial charge on any atom is -0.497 e. The molecular formula is C25H33N3O2. The monoisotopic (exact) mass is 407 g/mol. The second-order valence-electron chi connectivity index (χ2n) is 8.42. The summed E-state index contributed by atoms with van der Waals surface area (Å²) in [5.74, 6) is 1.89. The average molecular weight is 408 g/mol. The van der Waals surface area contributed by atoms with Crippen LogP contribution >= 0.6 is 0 Å². The minimum atomic E-state index is -0.736. The number of aromatic nitrogens is 1. The number of hydrogen-bond donors (Lipinski definition) is 1. The molecule has 1 aliphatic carbocycles. The van der Waals surface area contributed by atoms with Crippen molar-refractivity contribution in [1.82, 2.24) is 9.88 Å². The number of aliphatic hydroxyl groups is 1. The summed E-state index contributed by atoms with van der Waals surface area (Å²) in [7, 11) is 1.69. The molecule has 0 spiro atoms. The van der Waals surface area contributed by atoms with Gasteiger partial charge >= 0.3 is 0 Å². The fourth-order valence-corrected chi connectivity index (χ4v) is 4.69. The topological polar surface area (TPSA) is 48.8 Å². The number of rotatable bonds is 6. The lowest BCUT2D eigenvalue weighted by Gasteiger charge is -2.37. The van der Waals surface area contributed by atoms with Gasteiger partial charge in [-0.1, -0.05) is 43.5 Å². The number of nitrogens with zero attached hydrogens (tertiary/aromatic N) is 3. The highest BCUT2D eigenvalue weighted by Crippen LogP contribution is 2.40. The molecule has 2 heterocycles. The predicted molar refractivity (Wildman–Crippen MR) is 122 cm³/mol. The largest absolute Gasteiger partial charge is 0.497 e. The SMILES string of the molecule is COc1cccc(/C(=C\CN2CCN(c3ccccn3)CC2)C2(O)CCCCC2)c1. The van der Waals surface area contributed by atoms with Gasteiger partial charge in [0.15, 0.2) is 0 Å². The molecule has 1 saturated heterocycles. The summed E-state index contributed by atoms with van der Waals surface area (Å²) >= 11 is 0. The fraction of sp³-hybridized carbons (Fsp3) is 0.480. The van der Waals surface area contributed by atoms with Crippen LogP contribution in [-0.4, -0.2) is 60.4 Å². The maximum absolute atomic E-state index is 11.5. The van der Waals surface area contributed by atoms with Crippen molar-refractivity contribution in [2.45, 2.75) is 37.7 Å². The Hall–Kier alpha value is -2.37. The summed E-state index contributed by atoms with van der Waals surface area (Å²) in [5.41, 5.74) is 1.40. The number of piperazine rings is 1. The molecule has 0 atom stereocenters. The predicted octanol–water partition coefficient (Wildman–Crippen LogP) is 3.99. The minimum absolute atomic E-state index is 0.736. The van der Waals surface area contributed by atoms with E-state index in [9.17, 15) is 5.11 Å². The van der Waals surface area contributed by atoms with Gasteiger partial charge in [0, 0.05) is 38.9 Å². The van der Waals surface area contributed by atoms with Crippen LogP contribution in [0.3, 0.4) is 0 Å². The first-order valence-corrected chi connectivity index (χ1v) is 11.1. The molecule has 2 aromatic rings. The molecule has 2 fully saturated rings. The van der Waals surface area contributed by atoms with E-state index in [-0.39, 0.29) is 0 Å². The second kappa shape index (κ2) is 9.63. The van der Waals surface area contributed by atoms with E-state index in [1.807, 2.05) is 30.5 Å². The molecule has 1 saturated carbocycles. The summed E-state index contributed by atoms with van der Waals surface area (Å²) < 4.78 is 5.44. The Labute approximate surface area is 180 Å². The Balaban J connectivity index is 1.48. The molecule has 4 rings (SSSR count). The van der Waals surface area contributed by atoms with Crippen LogP contribution in [0.5, 0.6) is 5.75 Å². The fourth-order valence-electron chi connectivity index (χ4n) is 4.69. The molecule has 0 unspecified atom stereocenters. The molecule has 5 nitrogen and oxygen atoms in total. The van der Waals surface area contributed by atoms with Gasteiger partial charge in [-0.25, -0.2) is 4.98 Å². The normalized spacial score (nSPS) is 20.2. The van der Waals surface area contributed by atoms with Crippen molar-refractivity contribution in [3.63, 3.8) is 0 Å². The summed E-state index contributed by atoms with van der Waals surface area (Å²) in [6.45, 7) is 4.80. The Kier molecular flexibility index (Phi) is 6.70. The van der Waals surface area contributed by atoms with Crippen molar-refractivity contribution < 1.29 is 9.84 Å². The van der Waals surface area contributed by atoms with Gasteiger partial charge in [-0.2, -0.15) is 0 Å². The quantitative estimate of drug-likeness (QED) is 0.785. The van der Waals surface area contributed by atoms with Gasteiger partial charge in [0.1, 0.15) is 11.6 Å². The van der Waals surface area contributed by atoms with E-state index in [1.54, 1.807) is 7.11 Å². The van der Waals surface area contributed by atoms with Crippen molar-refractivity contribution in [2.75, 3.05) is 44.7 Å². The number of anilines is 1. The molecule has 5 heteroatoms. The zero-order valence-electron chi connectivity index (χ0n) is 18.0. The Morgan fingerprint density at radius 1 is 1.07 bits per heavy atom. The van der Waals surface area contributed by atoms with Gasteiger partial charge < -0.3 is 14.7 Å². The van der Waals surface area contributed by atoms with E-state index in [4.69, 9.17) is 4.74 Å². The first kappa shape index (κ1) is 20.9. The Bertz CT molecular complexity index is 838.